The number of nitrogens with one attached hydrogen (secondary N) is 1. The highest BCUT2D eigenvalue weighted by atomic mass is 32.1. The number of hydrogen-bond acceptors (Lipinski definition) is 4. The van der Waals surface area contributed by atoms with E-state index < -0.39 is 0 Å². The zero-order valence-corrected chi connectivity index (χ0v) is 11.9. The van der Waals surface area contributed by atoms with Crippen LogP contribution in [0.15, 0.2) is 0 Å². The van der Waals surface area contributed by atoms with Crippen molar-refractivity contribution in [3.63, 3.8) is 0 Å². The van der Waals surface area contributed by atoms with Gasteiger partial charge in [0.15, 0.2) is 0 Å². The fourth-order valence-electron chi connectivity index (χ4n) is 2.87. The van der Waals surface area contributed by atoms with Crippen molar-refractivity contribution in [1.29, 1.82) is 0 Å². The Labute approximate surface area is 108 Å². The van der Waals surface area contributed by atoms with Gasteiger partial charge in [-0.05, 0) is 43.3 Å². The van der Waals surface area contributed by atoms with Crippen LogP contribution in [0.2, 0.25) is 0 Å². The molecule has 1 aliphatic carbocycles. The number of aromatic nitrogens is 2. The summed E-state index contributed by atoms with van der Waals surface area (Å²) in [5.41, 5.74) is 1.19. The maximum absolute atomic E-state index is 4.31. The normalized spacial score (nSPS) is 19.8. The van der Waals surface area contributed by atoms with Crippen molar-refractivity contribution < 1.29 is 0 Å². The standard InChI is InChI=1S/C13H23N3S/c1-9(2)11-13(17-16-15-11)12(14-3)10-7-5-4-6-8-10/h9-10,12,14H,4-8H2,1-3H3. The summed E-state index contributed by atoms with van der Waals surface area (Å²) in [6.07, 6.45) is 6.87. The van der Waals surface area contributed by atoms with E-state index in [9.17, 15) is 0 Å². The molecule has 1 aromatic rings. The minimum atomic E-state index is 0.465. The van der Waals surface area contributed by atoms with Gasteiger partial charge in [0.05, 0.1) is 10.6 Å². The molecule has 1 N–H and O–H groups in total. The third-order valence-electron chi connectivity index (χ3n) is 3.80. The van der Waals surface area contributed by atoms with E-state index >= 15 is 0 Å². The third-order valence-corrected chi connectivity index (χ3v) is 4.62. The minimum absolute atomic E-state index is 0.465. The van der Waals surface area contributed by atoms with Gasteiger partial charge in [0, 0.05) is 6.04 Å². The maximum atomic E-state index is 4.31. The van der Waals surface area contributed by atoms with Gasteiger partial charge in [0.2, 0.25) is 0 Å². The molecule has 3 nitrogen and oxygen atoms in total. The van der Waals surface area contributed by atoms with Gasteiger partial charge in [-0.2, -0.15) is 0 Å². The molecule has 1 fully saturated rings. The van der Waals surface area contributed by atoms with E-state index in [4.69, 9.17) is 0 Å². The van der Waals surface area contributed by atoms with Crippen LogP contribution in [0.4, 0.5) is 0 Å². The summed E-state index contributed by atoms with van der Waals surface area (Å²) in [7, 11) is 2.07. The van der Waals surface area contributed by atoms with Crippen LogP contribution in [0, 0.1) is 5.92 Å². The van der Waals surface area contributed by atoms with Crippen LogP contribution >= 0.6 is 11.5 Å². The minimum Gasteiger partial charge on any atom is -0.312 e. The molecule has 1 aromatic heterocycles. The third kappa shape index (κ3) is 2.86. The van der Waals surface area contributed by atoms with Crippen LogP contribution in [-0.4, -0.2) is 16.6 Å². The molecule has 0 aromatic carbocycles. The van der Waals surface area contributed by atoms with Gasteiger partial charge in [-0.1, -0.05) is 37.6 Å². The topological polar surface area (TPSA) is 37.8 Å². The lowest BCUT2D eigenvalue weighted by atomic mass is 9.82. The highest BCUT2D eigenvalue weighted by Crippen LogP contribution is 2.37. The Morgan fingerprint density at radius 1 is 1.24 bits per heavy atom. The van der Waals surface area contributed by atoms with E-state index in [2.05, 4.69) is 35.8 Å². The predicted molar refractivity (Wildman–Crippen MR) is 72.4 cm³/mol. The summed E-state index contributed by atoms with van der Waals surface area (Å²) in [5, 5.41) is 7.81. The lowest BCUT2D eigenvalue weighted by Gasteiger charge is -2.29. The first-order valence-electron chi connectivity index (χ1n) is 6.73. The first kappa shape index (κ1) is 13.0. The fraction of sp³-hybridized carbons (Fsp3) is 0.846. The Bertz CT molecular complexity index is 342. The molecule has 4 heteroatoms. The average molecular weight is 253 g/mol. The summed E-state index contributed by atoms with van der Waals surface area (Å²) in [6, 6.07) is 0.465. The molecule has 0 radical (unpaired) electrons. The van der Waals surface area contributed by atoms with E-state index in [-0.39, 0.29) is 0 Å². The first-order chi connectivity index (χ1) is 8.24. The summed E-state index contributed by atoms with van der Waals surface area (Å²) < 4.78 is 4.16. The average Bonchev–Trinajstić information content (AvgIpc) is 2.81. The molecule has 0 bridgehead atoms. The van der Waals surface area contributed by atoms with Crippen molar-refractivity contribution >= 4 is 11.5 Å². The van der Waals surface area contributed by atoms with E-state index in [0.717, 1.165) is 5.92 Å². The van der Waals surface area contributed by atoms with Gasteiger partial charge in [-0.3, -0.25) is 0 Å². The van der Waals surface area contributed by atoms with E-state index in [1.165, 1.54) is 42.7 Å². The highest BCUT2D eigenvalue weighted by Gasteiger charge is 2.28. The lowest BCUT2D eigenvalue weighted by Crippen LogP contribution is -2.27. The number of hydrogen-bond donors (Lipinski definition) is 1. The Kier molecular flexibility index (Phi) is 4.51. The molecule has 1 unspecified atom stereocenters. The smallest absolute Gasteiger partial charge is 0.0829 e. The zero-order valence-electron chi connectivity index (χ0n) is 11.1. The monoisotopic (exact) mass is 253 g/mol. The quantitative estimate of drug-likeness (QED) is 0.892. The molecular weight excluding hydrogens is 230 g/mol. The van der Waals surface area contributed by atoms with Gasteiger partial charge < -0.3 is 5.32 Å². The second kappa shape index (κ2) is 5.91. The molecule has 1 heterocycles. The Balaban J connectivity index is 2.18. The van der Waals surface area contributed by atoms with Crippen molar-refractivity contribution in [2.24, 2.45) is 5.92 Å². The molecule has 1 saturated carbocycles. The molecule has 1 atom stereocenters. The largest absolute Gasteiger partial charge is 0.312 e. The zero-order chi connectivity index (χ0) is 12.3. The second-order valence-corrected chi connectivity index (χ2v) is 6.13. The fourth-order valence-corrected chi connectivity index (χ4v) is 3.88. The Morgan fingerprint density at radius 2 is 1.94 bits per heavy atom. The first-order valence-corrected chi connectivity index (χ1v) is 7.50. The molecular formula is C13H23N3S. The van der Waals surface area contributed by atoms with Gasteiger partial charge in [0.25, 0.3) is 0 Å². The van der Waals surface area contributed by atoms with Crippen molar-refractivity contribution in [2.45, 2.75) is 57.9 Å². The van der Waals surface area contributed by atoms with Gasteiger partial charge in [-0.15, -0.1) is 5.10 Å². The summed E-state index contributed by atoms with van der Waals surface area (Å²) >= 11 is 1.58. The summed E-state index contributed by atoms with van der Waals surface area (Å²) in [5.74, 6) is 1.25. The van der Waals surface area contributed by atoms with Gasteiger partial charge in [0.1, 0.15) is 0 Å². The van der Waals surface area contributed by atoms with E-state index in [1.54, 1.807) is 11.5 Å². The summed E-state index contributed by atoms with van der Waals surface area (Å²) in [6.45, 7) is 4.40. The van der Waals surface area contributed by atoms with E-state index in [1.807, 2.05) is 0 Å². The molecule has 17 heavy (non-hydrogen) atoms. The van der Waals surface area contributed by atoms with Crippen LogP contribution in [0.1, 0.15) is 68.5 Å². The van der Waals surface area contributed by atoms with Crippen molar-refractivity contribution in [1.82, 2.24) is 14.9 Å². The molecule has 0 aliphatic heterocycles. The van der Waals surface area contributed by atoms with Crippen molar-refractivity contribution in [2.75, 3.05) is 7.05 Å². The molecule has 0 saturated heterocycles. The predicted octanol–water partition coefficient (Wildman–Crippen LogP) is 3.50. The highest BCUT2D eigenvalue weighted by molar-refractivity contribution is 7.05. The van der Waals surface area contributed by atoms with Crippen LogP contribution in [0.3, 0.4) is 0 Å². The summed E-state index contributed by atoms with van der Waals surface area (Å²) in [4.78, 5) is 1.37. The van der Waals surface area contributed by atoms with Crippen LogP contribution < -0.4 is 5.32 Å². The molecule has 2 rings (SSSR count). The number of nitrogens with zero attached hydrogens (tertiary/aromatic N) is 2. The van der Waals surface area contributed by atoms with Crippen molar-refractivity contribution in [3.8, 4) is 0 Å². The van der Waals surface area contributed by atoms with Crippen LogP contribution in [-0.2, 0) is 0 Å². The van der Waals surface area contributed by atoms with Gasteiger partial charge in [-0.25, -0.2) is 0 Å². The molecule has 96 valence electrons. The van der Waals surface area contributed by atoms with Gasteiger partial charge >= 0.3 is 0 Å². The molecule has 1 aliphatic rings. The van der Waals surface area contributed by atoms with Crippen LogP contribution in [0.5, 0.6) is 0 Å². The number of rotatable bonds is 4. The Hall–Kier alpha value is -0.480. The lowest BCUT2D eigenvalue weighted by molar-refractivity contribution is 0.283. The molecule has 0 amide bonds. The molecule has 0 spiro atoms. The van der Waals surface area contributed by atoms with Crippen molar-refractivity contribution in [3.05, 3.63) is 10.6 Å². The maximum Gasteiger partial charge on any atom is 0.0829 e. The SMILES string of the molecule is CNC(c1snnc1C(C)C)C1CCCCC1. The van der Waals surface area contributed by atoms with E-state index in [0.29, 0.717) is 12.0 Å². The van der Waals surface area contributed by atoms with Crippen LogP contribution in [0.25, 0.3) is 0 Å². The second-order valence-electron chi connectivity index (χ2n) is 5.34. The Morgan fingerprint density at radius 3 is 2.53 bits per heavy atom.